The van der Waals surface area contributed by atoms with Crippen molar-refractivity contribution >= 4 is 33.2 Å². The number of benzene rings is 1. The van der Waals surface area contributed by atoms with Gasteiger partial charge >= 0.3 is 0 Å². The maximum absolute atomic E-state index is 12.2. The molecule has 0 saturated heterocycles. The van der Waals surface area contributed by atoms with E-state index in [1.54, 1.807) is 18.3 Å². The van der Waals surface area contributed by atoms with E-state index in [0.29, 0.717) is 12.2 Å². The molecule has 3 rings (SSSR count). The molecule has 10 heteroatoms. The first-order chi connectivity index (χ1) is 11.8. The molecule has 0 bridgehead atoms. The van der Waals surface area contributed by atoms with Gasteiger partial charge in [0.2, 0.25) is 15.9 Å². The van der Waals surface area contributed by atoms with Crippen molar-refractivity contribution in [1.82, 2.24) is 14.9 Å². The van der Waals surface area contributed by atoms with Crippen molar-refractivity contribution in [2.75, 3.05) is 23.0 Å². The topological polar surface area (TPSA) is 121 Å². The number of fused-ring (bicyclic) bond motifs is 1. The Morgan fingerprint density at radius 1 is 1.24 bits per heavy atom. The van der Waals surface area contributed by atoms with E-state index in [2.05, 4.69) is 15.5 Å². The Bertz CT molecular complexity index is 930. The van der Waals surface area contributed by atoms with Crippen LogP contribution in [0.3, 0.4) is 0 Å². The van der Waals surface area contributed by atoms with E-state index in [-0.39, 0.29) is 18.0 Å². The highest BCUT2D eigenvalue weighted by Gasteiger charge is 2.21. The van der Waals surface area contributed by atoms with Gasteiger partial charge in [0, 0.05) is 17.8 Å². The maximum Gasteiger partial charge on any atom is 0.264 e. The molecule has 25 heavy (non-hydrogen) atoms. The molecule has 0 aliphatic carbocycles. The fraction of sp³-hybridized carbons (Fsp3) is 0.200. The van der Waals surface area contributed by atoms with Crippen LogP contribution in [0.5, 0.6) is 0 Å². The fourth-order valence-electron chi connectivity index (χ4n) is 2.48. The Morgan fingerprint density at radius 2 is 2.04 bits per heavy atom. The third-order valence-electron chi connectivity index (χ3n) is 3.55. The van der Waals surface area contributed by atoms with Gasteiger partial charge in [-0.25, -0.2) is 13.1 Å². The molecule has 2 heterocycles. The molecule has 130 valence electrons. The van der Waals surface area contributed by atoms with E-state index in [1.807, 2.05) is 9.62 Å². The zero-order chi connectivity index (χ0) is 18.0. The number of hydrogen-bond donors (Lipinski definition) is 2. The highest BCUT2D eigenvalue weighted by molar-refractivity contribution is 7.89. The largest absolute Gasteiger partial charge is 0.356 e. The molecule has 1 aromatic carbocycles. The lowest BCUT2D eigenvalue weighted by atomic mass is 10.1. The van der Waals surface area contributed by atoms with Crippen molar-refractivity contribution < 1.29 is 18.0 Å². The minimum Gasteiger partial charge on any atom is -0.356 e. The zero-order valence-corrected chi connectivity index (χ0v) is 14.1. The molecule has 1 aliphatic rings. The summed E-state index contributed by atoms with van der Waals surface area (Å²) in [5, 5.41) is 10.3. The van der Waals surface area contributed by atoms with Gasteiger partial charge in [-0.15, -0.1) is 0 Å². The van der Waals surface area contributed by atoms with E-state index >= 15 is 0 Å². The number of carbonyl (C=O) groups excluding carboxylic acids is 2. The van der Waals surface area contributed by atoms with E-state index in [9.17, 15) is 18.0 Å². The van der Waals surface area contributed by atoms with Crippen molar-refractivity contribution in [3.8, 4) is 0 Å². The van der Waals surface area contributed by atoms with Gasteiger partial charge in [-0.2, -0.15) is 10.2 Å². The number of nitrogens with zero attached hydrogens (tertiary/aromatic N) is 3. The molecule has 0 spiro atoms. The summed E-state index contributed by atoms with van der Waals surface area (Å²) in [5.41, 5.74) is 2.15. The second-order valence-corrected chi connectivity index (χ2v) is 7.33. The van der Waals surface area contributed by atoms with Crippen molar-refractivity contribution in [1.29, 1.82) is 0 Å². The van der Waals surface area contributed by atoms with Crippen LogP contribution < -0.4 is 14.9 Å². The summed E-state index contributed by atoms with van der Waals surface area (Å²) < 4.78 is 24.3. The molecule has 1 aliphatic heterocycles. The lowest BCUT2D eigenvalue weighted by Gasteiger charge is -2.20. The van der Waals surface area contributed by atoms with Crippen LogP contribution in [0.1, 0.15) is 15.9 Å². The van der Waals surface area contributed by atoms with Gasteiger partial charge in [0.25, 0.3) is 5.91 Å². The number of sulfonamides is 1. The molecule has 2 amide bonds. The molecule has 9 nitrogen and oxygen atoms in total. The Kier molecular flexibility index (Phi) is 4.36. The zero-order valence-electron chi connectivity index (χ0n) is 13.3. The fourth-order valence-corrected chi connectivity index (χ4v) is 2.93. The number of rotatable bonds is 3. The number of hydrogen-bond acceptors (Lipinski definition) is 7. The first kappa shape index (κ1) is 16.8. The van der Waals surface area contributed by atoms with Crippen molar-refractivity contribution in [2.45, 2.75) is 6.54 Å². The predicted octanol–water partition coefficient (Wildman–Crippen LogP) is 0.125. The second-order valence-electron chi connectivity index (χ2n) is 5.58. The smallest absolute Gasteiger partial charge is 0.264 e. The second kappa shape index (κ2) is 6.48. The molecule has 0 unspecified atom stereocenters. The molecular formula is C15H15N5O4S. The summed E-state index contributed by atoms with van der Waals surface area (Å²) in [6, 6.07) is 6.40. The van der Waals surface area contributed by atoms with Crippen LogP contribution in [-0.2, 0) is 21.4 Å². The van der Waals surface area contributed by atoms with E-state index in [4.69, 9.17) is 0 Å². The first-order valence-corrected chi connectivity index (χ1v) is 9.17. The van der Waals surface area contributed by atoms with Crippen LogP contribution in [0.2, 0.25) is 0 Å². The third kappa shape index (κ3) is 4.10. The monoisotopic (exact) mass is 361 g/mol. The van der Waals surface area contributed by atoms with Crippen LogP contribution in [0.25, 0.3) is 0 Å². The van der Waals surface area contributed by atoms with Gasteiger partial charge in [-0.1, -0.05) is 6.07 Å². The van der Waals surface area contributed by atoms with Gasteiger partial charge in [-0.3, -0.25) is 9.59 Å². The number of nitrogens with one attached hydrogen (secondary N) is 2. The van der Waals surface area contributed by atoms with Gasteiger partial charge < -0.3 is 10.2 Å². The van der Waals surface area contributed by atoms with E-state index in [1.165, 1.54) is 18.3 Å². The lowest BCUT2D eigenvalue weighted by molar-refractivity contribution is -0.114. The van der Waals surface area contributed by atoms with Crippen molar-refractivity contribution in [3.05, 3.63) is 47.8 Å². The Balaban J connectivity index is 1.90. The third-order valence-corrected chi connectivity index (χ3v) is 4.11. The molecule has 0 fully saturated rings. The molecule has 1 aromatic heterocycles. The standard InChI is InChI=1S/C15H15N5O4S/c1-25(23,24)19-15(22)10-2-3-11-8-20(12-4-5-16-17-7-12)9-14(21)18-13(11)6-10/h2-7H,8-9H2,1H3,(H,18,21)(H,19,22). The number of aromatic nitrogens is 2. The molecule has 0 radical (unpaired) electrons. The highest BCUT2D eigenvalue weighted by Crippen LogP contribution is 2.25. The van der Waals surface area contributed by atoms with Crippen LogP contribution in [-0.4, -0.2) is 43.2 Å². The van der Waals surface area contributed by atoms with Crippen LogP contribution in [0.15, 0.2) is 36.7 Å². The Labute approximate surface area is 144 Å². The maximum atomic E-state index is 12.2. The van der Waals surface area contributed by atoms with E-state index in [0.717, 1.165) is 17.5 Å². The Hall–Kier alpha value is -3.01. The SMILES string of the molecule is CS(=O)(=O)NC(=O)c1ccc2c(c1)NC(=O)CN(c1ccnnc1)C2. The van der Waals surface area contributed by atoms with Gasteiger partial charge in [-0.05, 0) is 23.8 Å². The molecular weight excluding hydrogens is 346 g/mol. The van der Waals surface area contributed by atoms with Crippen molar-refractivity contribution in [2.24, 2.45) is 0 Å². The minimum atomic E-state index is -3.66. The van der Waals surface area contributed by atoms with Crippen molar-refractivity contribution in [3.63, 3.8) is 0 Å². The van der Waals surface area contributed by atoms with E-state index < -0.39 is 15.9 Å². The van der Waals surface area contributed by atoms with Gasteiger partial charge in [0.05, 0.1) is 30.9 Å². The number of anilines is 2. The summed E-state index contributed by atoms with van der Waals surface area (Å²) in [7, 11) is -3.66. The van der Waals surface area contributed by atoms with Gasteiger partial charge in [0.1, 0.15) is 0 Å². The van der Waals surface area contributed by atoms with Crippen LogP contribution in [0.4, 0.5) is 11.4 Å². The lowest BCUT2D eigenvalue weighted by Crippen LogP contribution is -2.29. The van der Waals surface area contributed by atoms with Crippen LogP contribution >= 0.6 is 0 Å². The quantitative estimate of drug-likeness (QED) is 0.796. The minimum absolute atomic E-state index is 0.116. The molecule has 0 atom stereocenters. The summed E-state index contributed by atoms with van der Waals surface area (Å²) in [6.07, 6.45) is 4.00. The van der Waals surface area contributed by atoms with Gasteiger partial charge in [0.15, 0.2) is 0 Å². The first-order valence-electron chi connectivity index (χ1n) is 7.28. The molecule has 2 N–H and O–H groups in total. The summed E-state index contributed by atoms with van der Waals surface area (Å²) in [5.74, 6) is -1.00. The normalized spacial score (nSPS) is 14.3. The summed E-state index contributed by atoms with van der Waals surface area (Å²) in [4.78, 5) is 26.0. The predicted molar refractivity (Wildman–Crippen MR) is 90.5 cm³/mol. The highest BCUT2D eigenvalue weighted by atomic mass is 32.2. The summed E-state index contributed by atoms with van der Waals surface area (Å²) in [6.45, 7) is 0.541. The molecule has 0 saturated carbocycles. The number of carbonyl (C=O) groups is 2. The Morgan fingerprint density at radius 3 is 2.72 bits per heavy atom. The van der Waals surface area contributed by atoms with Crippen LogP contribution in [0, 0.1) is 0 Å². The average molecular weight is 361 g/mol. The number of amides is 2. The molecule has 2 aromatic rings. The summed E-state index contributed by atoms with van der Waals surface area (Å²) >= 11 is 0. The average Bonchev–Trinajstić information content (AvgIpc) is 2.71.